The van der Waals surface area contributed by atoms with Gasteiger partial charge in [-0.05, 0) is 67.1 Å². The van der Waals surface area contributed by atoms with E-state index < -0.39 is 0 Å². The summed E-state index contributed by atoms with van der Waals surface area (Å²) >= 11 is 0. The molecule has 0 aromatic heterocycles. The molecule has 2 aliphatic carbocycles. The van der Waals surface area contributed by atoms with E-state index in [1.807, 2.05) is 0 Å². The number of ether oxygens (including phenoxy) is 1. The molecular formula is C31H52O. The zero-order valence-electron chi connectivity index (χ0n) is 21.5. The third-order valence-electron chi connectivity index (χ3n) is 8.65. The van der Waals surface area contributed by atoms with Crippen LogP contribution in [0, 0.1) is 23.7 Å². The van der Waals surface area contributed by atoms with Gasteiger partial charge in [-0.15, -0.1) is 0 Å². The molecule has 3 rings (SSSR count). The normalized spacial score (nSPS) is 26.2. The van der Waals surface area contributed by atoms with E-state index in [-0.39, 0.29) is 0 Å². The van der Waals surface area contributed by atoms with Crippen molar-refractivity contribution < 1.29 is 4.74 Å². The summed E-state index contributed by atoms with van der Waals surface area (Å²) < 4.78 is 6.06. The van der Waals surface area contributed by atoms with E-state index in [0.717, 1.165) is 36.0 Å². The SMILES string of the molecule is CCCC[C@H]1CC[C@H](CCCOc2ccc(CC[C@H]3CC[C@H](CCCC)CC3)cc2)CC1. The molecule has 2 saturated carbocycles. The fraction of sp³-hybridized carbons (Fsp3) is 0.806. The first-order chi connectivity index (χ1) is 15.8. The summed E-state index contributed by atoms with van der Waals surface area (Å²) in [5.41, 5.74) is 1.49. The van der Waals surface area contributed by atoms with Crippen LogP contribution in [0.25, 0.3) is 0 Å². The van der Waals surface area contributed by atoms with E-state index in [9.17, 15) is 0 Å². The summed E-state index contributed by atoms with van der Waals surface area (Å²) in [5, 5.41) is 0. The Hall–Kier alpha value is -0.980. The second-order valence-corrected chi connectivity index (χ2v) is 11.2. The van der Waals surface area contributed by atoms with Gasteiger partial charge in [0.05, 0.1) is 6.61 Å². The van der Waals surface area contributed by atoms with Gasteiger partial charge < -0.3 is 4.74 Å². The van der Waals surface area contributed by atoms with Crippen molar-refractivity contribution in [2.45, 2.75) is 129 Å². The molecule has 0 amide bonds. The maximum Gasteiger partial charge on any atom is 0.119 e. The largest absolute Gasteiger partial charge is 0.494 e. The average Bonchev–Trinajstić information content (AvgIpc) is 2.85. The molecule has 0 aliphatic heterocycles. The van der Waals surface area contributed by atoms with Crippen molar-refractivity contribution in [3.63, 3.8) is 0 Å². The molecule has 1 nitrogen and oxygen atoms in total. The van der Waals surface area contributed by atoms with Gasteiger partial charge in [0, 0.05) is 0 Å². The Morgan fingerprint density at radius 1 is 0.594 bits per heavy atom. The van der Waals surface area contributed by atoms with Crippen LogP contribution in [0.1, 0.15) is 129 Å². The number of aryl methyl sites for hydroxylation is 1. The lowest BCUT2D eigenvalue weighted by Gasteiger charge is -2.28. The van der Waals surface area contributed by atoms with Crippen molar-refractivity contribution in [1.82, 2.24) is 0 Å². The first-order valence-electron chi connectivity index (χ1n) is 14.5. The van der Waals surface area contributed by atoms with Gasteiger partial charge in [-0.3, -0.25) is 0 Å². The zero-order valence-corrected chi connectivity index (χ0v) is 21.5. The zero-order chi connectivity index (χ0) is 22.4. The molecule has 1 aromatic rings. The summed E-state index contributed by atoms with van der Waals surface area (Å²) in [6, 6.07) is 9.02. The van der Waals surface area contributed by atoms with Gasteiger partial charge in [-0.2, -0.15) is 0 Å². The molecule has 0 N–H and O–H groups in total. The molecule has 2 aliphatic rings. The molecule has 0 atom stereocenters. The van der Waals surface area contributed by atoms with Crippen LogP contribution in [0.2, 0.25) is 0 Å². The Kier molecular flexibility index (Phi) is 12.0. The lowest BCUT2D eigenvalue weighted by molar-refractivity contribution is 0.228. The minimum Gasteiger partial charge on any atom is -0.494 e. The smallest absolute Gasteiger partial charge is 0.119 e. The fourth-order valence-electron chi connectivity index (χ4n) is 6.29. The predicted octanol–water partition coefficient (Wildman–Crippen LogP) is 9.77. The van der Waals surface area contributed by atoms with Crippen molar-refractivity contribution in [3.05, 3.63) is 29.8 Å². The van der Waals surface area contributed by atoms with Crippen LogP contribution >= 0.6 is 0 Å². The summed E-state index contributed by atoms with van der Waals surface area (Å²) in [4.78, 5) is 0. The molecule has 0 heterocycles. The van der Waals surface area contributed by atoms with Crippen LogP contribution in [0.3, 0.4) is 0 Å². The van der Waals surface area contributed by atoms with Crippen LogP contribution in [-0.2, 0) is 6.42 Å². The van der Waals surface area contributed by atoms with E-state index in [0.29, 0.717) is 0 Å². The van der Waals surface area contributed by atoms with Crippen molar-refractivity contribution >= 4 is 0 Å². The van der Waals surface area contributed by atoms with Gasteiger partial charge >= 0.3 is 0 Å². The van der Waals surface area contributed by atoms with E-state index in [2.05, 4.69) is 38.1 Å². The first-order valence-corrected chi connectivity index (χ1v) is 14.5. The van der Waals surface area contributed by atoms with Gasteiger partial charge in [0.2, 0.25) is 0 Å². The van der Waals surface area contributed by atoms with Gasteiger partial charge in [0.15, 0.2) is 0 Å². The average molecular weight is 441 g/mol. The van der Waals surface area contributed by atoms with Crippen LogP contribution in [0.15, 0.2) is 24.3 Å². The molecule has 1 heteroatoms. The highest BCUT2D eigenvalue weighted by Gasteiger charge is 2.21. The van der Waals surface area contributed by atoms with Gasteiger partial charge in [-0.1, -0.05) is 116 Å². The topological polar surface area (TPSA) is 9.23 Å². The van der Waals surface area contributed by atoms with Crippen LogP contribution in [0.5, 0.6) is 5.75 Å². The second kappa shape index (κ2) is 15.0. The van der Waals surface area contributed by atoms with Crippen LogP contribution in [-0.4, -0.2) is 6.61 Å². The van der Waals surface area contributed by atoms with E-state index >= 15 is 0 Å². The Labute approximate surface area is 200 Å². The number of hydrogen-bond donors (Lipinski definition) is 0. The predicted molar refractivity (Wildman–Crippen MR) is 139 cm³/mol. The molecule has 1 aromatic carbocycles. The first kappa shape index (κ1) is 25.6. The highest BCUT2D eigenvalue weighted by molar-refractivity contribution is 5.27. The molecular weight excluding hydrogens is 388 g/mol. The maximum atomic E-state index is 6.06. The number of benzene rings is 1. The van der Waals surface area contributed by atoms with Crippen molar-refractivity contribution in [3.8, 4) is 5.75 Å². The molecule has 32 heavy (non-hydrogen) atoms. The van der Waals surface area contributed by atoms with E-state index in [1.165, 1.54) is 121 Å². The fourth-order valence-corrected chi connectivity index (χ4v) is 6.29. The molecule has 0 radical (unpaired) electrons. The molecule has 0 unspecified atom stereocenters. The molecule has 0 spiro atoms. The number of unbranched alkanes of at least 4 members (excludes halogenated alkanes) is 2. The Morgan fingerprint density at radius 3 is 1.50 bits per heavy atom. The summed E-state index contributed by atoms with van der Waals surface area (Å²) in [7, 11) is 0. The summed E-state index contributed by atoms with van der Waals surface area (Å²) in [5.74, 6) is 5.05. The highest BCUT2D eigenvalue weighted by atomic mass is 16.5. The third kappa shape index (κ3) is 9.48. The van der Waals surface area contributed by atoms with Gasteiger partial charge in [0.25, 0.3) is 0 Å². The molecule has 0 bridgehead atoms. The quantitative estimate of drug-likeness (QED) is 0.261. The monoisotopic (exact) mass is 440 g/mol. The summed E-state index contributed by atoms with van der Waals surface area (Å²) in [6.45, 7) is 5.53. The van der Waals surface area contributed by atoms with E-state index in [1.54, 1.807) is 0 Å². The van der Waals surface area contributed by atoms with Crippen LogP contribution in [0.4, 0.5) is 0 Å². The molecule has 2 fully saturated rings. The molecule has 0 saturated heterocycles. The Bertz CT molecular complexity index is 575. The minimum absolute atomic E-state index is 0.885. The van der Waals surface area contributed by atoms with Crippen molar-refractivity contribution in [1.29, 1.82) is 0 Å². The van der Waals surface area contributed by atoms with Crippen molar-refractivity contribution in [2.75, 3.05) is 6.61 Å². The van der Waals surface area contributed by atoms with Crippen LogP contribution < -0.4 is 4.74 Å². The Morgan fingerprint density at radius 2 is 1.03 bits per heavy atom. The van der Waals surface area contributed by atoms with Crippen molar-refractivity contribution in [2.24, 2.45) is 23.7 Å². The minimum atomic E-state index is 0.885. The van der Waals surface area contributed by atoms with Gasteiger partial charge in [-0.25, -0.2) is 0 Å². The second-order valence-electron chi connectivity index (χ2n) is 11.2. The lowest BCUT2D eigenvalue weighted by Crippen LogP contribution is -2.15. The van der Waals surface area contributed by atoms with E-state index in [4.69, 9.17) is 4.74 Å². The number of hydrogen-bond acceptors (Lipinski definition) is 1. The van der Waals surface area contributed by atoms with Gasteiger partial charge in [0.1, 0.15) is 5.75 Å². The summed E-state index contributed by atoms with van der Waals surface area (Å²) in [6.07, 6.45) is 25.5. The Balaban J connectivity index is 1.23. The molecule has 182 valence electrons. The number of rotatable bonds is 14. The highest BCUT2D eigenvalue weighted by Crippen LogP contribution is 2.35. The standard InChI is InChI=1S/C31H52O/c1-3-5-8-26-11-13-28(14-12-26)10-7-25-32-31-23-21-30(22-24-31)20-19-29-17-15-27(16-18-29)9-6-4-2/h21-24,26-29H,3-20,25H2,1-2H3/t26-,27-,28-,29-. The maximum absolute atomic E-state index is 6.06. The third-order valence-corrected chi connectivity index (χ3v) is 8.65. The lowest BCUT2D eigenvalue weighted by atomic mass is 9.78.